The van der Waals surface area contributed by atoms with Crippen LogP contribution in [0.25, 0.3) is 6.08 Å². The number of carbonyl (C=O) groups is 2. The van der Waals surface area contributed by atoms with Crippen molar-refractivity contribution in [3.8, 4) is 17.6 Å². The maximum Gasteiger partial charge on any atom is 0.262 e. The molecule has 0 aliphatic heterocycles. The minimum Gasteiger partial charge on any atom is -0.490 e. The summed E-state index contributed by atoms with van der Waals surface area (Å²) in [5.74, 6) is -0.496. The standard InChI is InChI=1S/C22H21Br2N3O4/c1-4-30-19-9-14(7-15(10-25)22(26)29)8-17(24)21(19)31-11-20(28)27-18-6-13(3)12(2)5-16(18)23/h5-9H,4,11H2,1-3H3,(H2,26,29)(H,27,28)/b15-7-. The fourth-order valence-corrected chi connectivity index (χ4v) is 3.73. The van der Waals surface area contributed by atoms with Gasteiger partial charge >= 0.3 is 0 Å². The average Bonchev–Trinajstić information content (AvgIpc) is 2.69. The third-order valence-corrected chi connectivity index (χ3v) is 5.48. The number of benzene rings is 2. The van der Waals surface area contributed by atoms with Gasteiger partial charge in [-0.05, 0) is 99.7 Å². The van der Waals surface area contributed by atoms with Gasteiger partial charge in [-0.15, -0.1) is 0 Å². The van der Waals surface area contributed by atoms with E-state index in [0.717, 1.165) is 15.6 Å². The molecule has 0 saturated heterocycles. The predicted molar refractivity (Wildman–Crippen MR) is 126 cm³/mol. The molecule has 31 heavy (non-hydrogen) atoms. The topological polar surface area (TPSA) is 114 Å². The number of nitrogens with one attached hydrogen (secondary N) is 1. The first-order valence-electron chi connectivity index (χ1n) is 9.23. The molecule has 0 atom stereocenters. The van der Waals surface area contributed by atoms with Gasteiger partial charge in [-0.1, -0.05) is 0 Å². The molecule has 2 rings (SSSR count). The van der Waals surface area contributed by atoms with Crippen molar-refractivity contribution in [2.45, 2.75) is 20.8 Å². The number of nitrogens with zero attached hydrogens (tertiary/aromatic N) is 1. The van der Waals surface area contributed by atoms with Gasteiger partial charge in [0.1, 0.15) is 11.6 Å². The Kier molecular flexibility index (Phi) is 8.65. The van der Waals surface area contributed by atoms with E-state index < -0.39 is 5.91 Å². The molecular formula is C22H21Br2N3O4. The van der Waals surface area contributed by atoms with Crippen LogP contribution in [0.3, 0.4) is 0 Å². The highest BCUT2D eigenvalue weighted by molar-refractivity contribution is 9.11. The maximum atomic E-state index is 12.4. The fraction of sp³-hybridized carbons (Fsp3) is 0.227. The van der Waals surface area contributed by atoms with Crippen molar-refractivity contribution in [1.29, 1.82) is 5.26 Å². The number of carbonyl (C=O) groups excluding carboxylic acids is 2. The van der Waals surface area contributed by atoms with E-state index in [1.807, 2.05) is 26.0 Å². The predicted octanol–water partition coefficient (Wildman–Crippen LogP) is 4.64. The van der Waals surface area contributed by atoms with E-state index in [0.29, 0.717) is 33.8 Å². The summed E-state index contributed by atoms with van der Waals surface area (Å²) in [5, 5.41) is 11.9. The molecule has 2 aromatic carbocycles. The van der Waals surface area contributed by atoms with Gasteiger partial charge in [0, 0.05) is 4.47 Å². The molecule has 2 aromatic rings. The normalized spacial score (nSPS) is 10.9. The molecule has 0 aliphatic rings. The minimum atomic E-state index is -0.828. The lowest BCUT2D eigenvalue weighted by atomic mass is 10.1. The van der Waals surface area contributed by atoms with Crippen molar-refractivity contribution in [3.05, 3.63) is 55.5 Å². The zero-order valence-electron chi connectivity index (χ0n) is 17.2. The quantitative estimate of drug-likeness (QED) is 0.367. The Morgan fingerprint density at radius 2 is 1.81 bits per heavy atom. The van der Waals surface area contributed by atoms with E-state index in [-0.39, 0.29) is 18.1 Å². The van der Waals surface area contributed by atoms with Gasteiger partial charge in [0.15, 0.2) is 18.1 Å². The molecule has 0 bridgehead atoms. The summed E-state index contributed by atoms with van der Waals surface area (Å²) in [6.07, 6.45) is 1.35. The van der Waals surface area contributed by atoms with Gasteiger partial charge < -0.3 is 20.5 Å². The zero-order chi connectivity index (χ0) is 23.1. The maximum absolute atomic E-state index is 12.4. The van der Waals surface area contributed by atoms with Crippen LogP contribution in [-0.2, 0) is 9.59 Å². The second kappa shape index (κ2) is 11.0. The third-order valence-electron chi connectivity index (χ3n) is 4.23. The van der Waals surface area contributed by atoms with E-state index in [4.69, 9.17) is 20.5 Å². The Bertz CT molecular complexity index is 1090. The summed E-state index contributed by atoms with van der Waals surface area (Å²) in [5.41, 5.74) is 8.32. The van der Waals surface area contributed by atoms with E-state index >= 15 is 0 Å². The highest BCUT2D eigenvalue weighted by atomic mass is 79.9. The number of nitriles is 1. The van der Waals surface area contributed by atoms with Crippen molar-refractivity contribution in [3.63, 3.8) is 0 Å². The van der Waals surface area contributed by atoms with Gasteiger partial charge in [-0.2, -0.15) is 5.26 Å². The summed E-state index contributed by atoms with van der Waals surface area (Å²) in [4.78, 5) is 23.7. The Morgan fingerprint density at radius 1 is 1.13 bits per heavy atom. The number of nitrogens with two attached hydrogens (primary N) is 1. The number of aryl methyl sites for hydroxylation is 2. The molecule has 2 amide bonds. The van der Waals surface area contributed by atoms with Gasteiger partial charge in [0.2, 0.25) is 0 Å². The number of anilines is 1. The zero-order valence-corrected chi connectivity index (χ0v) is 20.4. The summed E-state index contributed by atoms with van der Waals surface area (Å²) in [7, 11) is 0. The van der Waals surface area contributed by atoms with Crippen molar-refractivity contribution in [2.24, 2.45) is 5.73 Å². The van der Waals surface area contributed by atoms with Crippen molar-refractivity contribution in [1.82, 2.24) is 0 Å². The van der Waals surface area contributed by atoms with Crippen molar-refractivity contribution < 1.29 is 19.1 Å². The smallest absolute Gasteiger partial charge is 0.262 e. The van der Waals surface area contributed by atoms with Crippen LogP contribution in [0, 0.1) is 25.2 Å². The first kappa shape index (κ1) is 24.4. The number of amides is 2. The van der Waals surface area contributed by atoms with Crippen LogP contribution in [0.4, 0.5) is 5.69 Å². The molecule has 162 valence electrons. The molecule has 0 aromatic heterocycles. The number of halogens is 2. The van der Waals surface area contributed by atoms with Gasteiger partial charge in [-0.25, -0.2) is 0 Å². The molecule has 0 heterocycles. The number of ether oxygens (including phenoxy) is 2. The van der Waals surface area contributed by atoms with Crippen LogP contribution >= 0.6 is 31.9 Å². The second-order valence-electron chi connectivity index (χ2n) is 6.55. The highest BCUT2D eigenvalue weighted by Gasteiger charge is 2.15. The van der Waals surface area contributed by atoms with Crippen LogP contribution in [0.2, 0.25) is 0 Å². The molecule has 0 unspecified atom stereocenters. The summed E-state index contributed by atoms with van der Waals surface area (Å²) in [6, 6.07) is 8.80. The van der Waals surface area contributed by atoms with Crippen LogP contribution in [0.1, 0.15) is 23.6 Å². The lowest BCUT2D eigenvalue weighted by molar-refractivity contribution is -0.118. The first-order valence-corrected chi connectivity index (χ1v) is 10.8. The van der Waals surface area contributed by atoms with E-state index in [2.05, 4.69) is 37.2 Å². The van der Waals surface area contributed by atoms with Crippen LogP contribution in [0.5, 0.6) is 11.5 Å². The molecule has 0 fully saturated rings. The molecular weight excluding hydrogens is 530 g/mol. The van der Waals surface area contributed by atoms with Crippen LogP contribution in [-0.4, -0.2) is 25.0 Å². The SMILES string of the molecule is CCOc1cc(/C=C(/C#N)C(N)=O)cc(Br)c1OCC(=O)Nc1cc(C)c(C)cc1Br. The second-order valence-corrected chi connectivity index (χ2v) is 8.26. The summed E-state index contributed by atoms with van der Waals surface area (Å²) in [6.45, 7) is 5.85. The summed E-state index contributed by atoms with van der Waals surface area (Å²) >= 11 is 6.84. The minimum absolute atomic E-state index is 0.193. The van der Waals surface area contributed by atoms with Gasteiger partial charge in [0.05, 0.1) is 16.8 Å². The fourth-order valence-electron chi connectivity index (χ4n) is 2.60. The molecule has 0 saturated carbocycles. The lowest BCUT2D eigenvalue weighted by Gasteiger charge is -2.15. The van der Waals surface area contributed by atoms with E-state index in [1.165, 1.54) is 6.08 Å². The van der Waals surface area contributed by atoms with Crippen LogP contribution in [0.15, 0.2) is 38.8 Å². The molecule has 0 aliphatic carbocycles. The number of rotatable bonds is 8. The molecule has 7 nitrogen and oxygen atoms in total. The van der Waals surface area contributed by atoms with E-state index in [1.54, 1.807) is 25.1 Å². The number of primary amides is 1. The van der Waals surface area contributed by atoms with Crippen LogP contribution < -0.4 is 20.5 Å². The van der Waals surface area contributed by atoms with Crippen molar-refractivity contribution in [2.75, 3.05) is 18.5 Å². The Morgan fingerprint density at radius 3 is 2.42 bits per heavy atom. The highest BCUT2D eigenvalue weighted by Crippen LogP contribution is 2.37. The molecule has 9 heteroatoms. The molecule has 3 N–H and O–H groups in total. The number of hydrogen-bond donors (Lipinski definition) is 2. The Hall–Kier alpha value is -2.83. The molecule has 0 spiro atoms. The van der Waals surface area contributed by atoms with Crippen molar-refractivity contribution >= 4 is 55.4 Å². The third kappa shape index (κ3) is 6.57. The largest absolute Gasteiger partial charge is 0.490 e. The lowest BCUT2D eigenvalue weighted by Crippen LogP contribution is -2.21. The first-order chi connectivity index (χ1) is 14.7. The Balaban J connectivity index is 2.22. The van der Waals surface area contributed by atoms with E-state index in [9.17, 15) is 9.59 Å². The Labute approximate surface area is 197 Å². The monoisotopic (exact) mass is 549 g/mol. The molecule has 0 radical (unpaired) electrons. The van der Waals surface area contributed by atoms with Gasteiger partial charge in [0.25, 0.3) is 11.8 Å². The van der Waals surface area contributed by atoms with Gasteiger partial charge in [-0.3, -0.25) is 9.59 Å². The number of hydrogen-bond acceptors (Lipinski definition) is 5. The summed E-state index contributed by atoms with van der Waals surface area (Å²) < 4.78 is 12.6. The average molecular weight is 551 g/mol.